The lowest BCUT2D eigenvalue weighted by atomic mass is 10.1. The van der Waals surface area contributed by atoms with Gasteiger partial charge in [0.25, 0.3) is 0 Å². The van der Waals surface area contributed by atoms with E-state index in [1.807, 2.05) is 6.07 Å². The minimum Gasteiger partial charge on any atom is -0.355 e. The molecule has 16 heavy (non-hydrogen) atoms. The zero-order valence-electron chi connectivity index (χ0n) is 9.69. The van der Waals surface area contributed by atoms with Crippen LogP contribution >= 0.6 is 0 Å². The molecule has 1 unspecified atom stereocenters. The number of rotatable bonds is 4. The Labute approximate surface area is 96.8 Å². The summed E-state index contributed by atoms with van der Waals surface area (Å²) < 4.78 is 10.6. The van der Waals surface area contributed by atoms with Crippen molar-refractivity contribution in [1.29, 1.82) is 0 Å². The molecule has 3 nitrogen and oxygen atoms in total. The first-order valence-corrected chi connectivity index (χ1v) is 5.84. The van der Waals surface area contributed by atoms with E-state index >= 15 is 0 Å². The Bertz CT molecular complexity index is 296. The van der Waals surface area contributed by atoms with Crippen molar-refractivity contribution >= 4 is 0 Å². The van der Waals surface area contributed by atoms with E-state index in [9.17, 15) is 0 Å². The van der Waals surface area contributed by atoms with Gasteiger partial charge in [-0.3, -0.25) is 0 Å². The monoisotopic (exact) mass is 221 g/mol. The third-order valence-electron chi connectivity index (χ3n) is 2.92. The lowest BCUT2D eigenvalue weighted by molar-refractivity contribution is -0.137. The second-order valence-corrected chi connectivity index (χ2v) is 4.14. The highest BCUT2D eigenvalue weighted by atomic mass is 16.7. The molecule has 1 aliphatic heterocycles. The van der Waals surface area contributed by atoms with Gasteiger partial charge in [0.2, 0.25) is 0 Å². The van der Waals surface area contributed by atoms with Crippen LogP contribution in [0.3, 0.4) is 0 Å². The summed E-state index contributed by atoms with van der Waals surface area (Å²) >= 11 is 0. The molecule has 0 bridgehead atoms. The van der Waals surface area contributed by atoms with Crippen molar-refractivity contribution in [2.75, 3.05) is 19.9 Å². The molecule has 0 saturated carbocycles. The van der Waals surface area contributed by atoms with Gasteiger partial charge in [0.15, 0.2) is 0 Å². The molecular weight excluding hydrogens is 202 g/mol. The molecule has 88 valence electrons. The Hall–Kier alpha value is -0.900. The molecule has 3 heteroatoms. The highest BCUT2D eigenvalue weighted by Gasteiger charge is 2.15. The average Bonchev–Trinajstić information content (AvgIpc) is 2.38. The Morgan fingerprint density at radius 1 is 1.38 bits per heavy atom. The Balaban J connectivity index is 1.77. The summed E-state index contributed by atoms with van der Waals surface area (Å²) in [6, 6.07) is 10.8. The lowest BCUT2D eigenvalue weighted by Crippen LogP contribution is -2.35. The third-order valence-corrected chi connectivity index (χ3v) is 2.92. The number of benzene rings is 1. The molecule has 0 aliphatic carbocycles. The molecule has 0 aromatic heterocycles. The first kappa shape index (κ1) is 11.6. The maximum absolute atomic E-state index is 5.48. The van der Waals surface area contributed by atoms with E-state index in [0.717, 1.165) is 19.6 Å². The van der Waals surface area contributed by atoms with Gasteiger partial charge >= 0.3 is 0 Å². The van der Waals surface area contributed by atoms with Crippen molar-refractivity contribution in [2.45, 2.75) is 25.5 Å². The van der Waals surface area contributed by atoms with Crippen molar-refractivity contribution in [2.24, 2.45) is 0 Å². The van der Waals surface area contributed by atoms with Crippen molar-refractivity contribution in [3.8, 4) is 0 Å². The van der Waals surface area contributed by atoms with Crippen molar-refractivity contribution < 1.29 is 9.47 Å². The van der Waals surface area contributed by atoms with E-state index in [2.05, 4.69) is 36.5 Å². The average molecular weight is 221 g/mol. The van der Waals surface area contributed by atoms with Crippen molar-refractivity contribution in [1.82, 2.24) is 5.32 Å². The predicted molar refractivity (Wildman–Crippen MR) is 63.2 cm³/mol. The van der Waals surface area contributed by atoms with Gasteiger partial charge in [0.1, 0.15) is 6.79 Å². The topological polar surface area (TPSA) is 30.5 Å². The molecule has 0 amide bonds. The molecule has 1 heterocycles. The van der Waals surface area contributed by atoms with Gasteiger partial charge in [0, 0.05) is 12.6 Å². The molecule has 1 N–H and O–H groups in total. The van der Waals surface area contributed by atoms with Crippen molar-refractivity contribution in [3.05, 3.63) is 35.9 Å². The molecule has 2 atom stereocenters. The zero-order chi connectivity index (χ0) is 11.2. The maximum atomic E-state index is 5.48. The summed E-state index contributed by atoms with van der Waals surface area (Å²) in [7, 11) is 0. The Morgan fingerprint density at radius 2 is 2.19 bits per heavy atom. The second-order valence-electron chi connectivity index (χ2n) is 4.14. The van der Waals surface area contributed by atoms with E-state index in [1.54, 1.807) is 0 Å². The Morgan fingerprint density at radius 3 is 2.88 bits per heavy atom. The number of nitrogens with one attached hydrogen (secondary N) is 1. The summed E-state index contributed by atoms with van der Waals surface area (Å²) in [5.74, 6) is 0. The quantitative estimate of drug-likeness (QED) is 0.844. The summed E-state index contributed by atoms with van der Waals surface area (Å²) in [4.78, 5) is 0. The van der Waals surface area contributed by atoms with Gasteiger partial charge in [-0.05, 0) is 18.9 Å². The highest BCUT2D eigenvalue weighted by molar-refractivity contribution is 5.17. The van der Waals surface area contributed by atoms with Crippen LogP contribution in [0, 0.1) is 0 Å². The summed E-state index contributed by atoms with van der Waals surface area (Å²) in [6.07, 6.45) is 1.27. The summed E-state index contributed by atoms with van der Waals surface area (Å²) in [6.45, 7) is 4.31. The van der Waals surface area contributed by atoms with Crippen LogP contribution in [0.25, 0.3) is 0 Å². The standard InChI is InChI=1S/C13H19NO2/c1-11(12-5-3-2-4-6-12)14-9-13-7-8-15-10-16-13/h2-6,11,13-14H,7-10H2,1H3/t11-,13?/m0/s1. The molecule has 1 aromatic rings. The molecule has 0 spiro atoms. The van der Waals surface area contributed by atoms with Crippen LogP contribution in [0.1, 0.15) is 24.9 Å². The van der Waals surface area contributed by atoms with Crippen LogP contribution in [-0.2, 0) is 9.47 Å². The van der Waals surface area contributed by atoms with Crippen LogP contribution in [0.15, 0.2) is 30.3 Å². The minimum atomic E-state index is 0.292. The van der Waals surface area contributed by atoms with Crippen LogP contribution in [-0.4, -0.2) is 26.0 Å². The van der Waals surface area contributed by atoms with E-state index < -0.39 is 0 Å². The number of ether oxygens (including phenoxy) is 2. The van der Waals surface area contributed by atoms with Gasteiger partial charge in [-0.25, -0.2) is 0 Å². The van der Waals surface area contributed by atoms with E-state index in [4.69, 9.17) is 9.47 Å². The van der Waals surface area contributed by atoms with E-state index in [0.29, 0.717) is 18.9 Å². The molecule has 1 aliphatic rings. The third kappa shape index (κ3) is 3.30. The van der Waals surface area contributed by atoms with Gasteiger partial charge in [-0.2, -0.15) is 0 Å². The highest BCUT2D eigenvalue weighted by Crippen LogP contribution is 2.12. The molecule has 1 saturated heterocycles. The fourth-order valence-electron chi connectivity index (χ4n) is 1.83. The molecule has 1 fully saturated rings. The van der Waals surface area contributed by atoms with Crippen LogP contribution in [0.5, 0.6) is 0 Å². The van der Waals surface area contributed by atoms with Crippen LogP contribution in [0.4, 0.5) is 0 Å². The largest absolute Gasteiger partial charge is 0.355 e. The lowest BCUT2D eigenvalue weighted by Gasteiger charge is -2.24. The first-order chi connectivity index (χ1) is 7.86. The minimum absolute atomic E-state index is 0.292. The van der Waals surface area contributed by atoms with Crippen LogP contribution < -0.4 is 5.32 Å². The van der Waals surface area contributed by atoms with Gasteiger partial charge in [-0.15, -0.1) is 0 Å². The van der Waals surface area contributed by atoms with E-state index in [1.165, 1.54) is 5.56 Å². The van der Waals surface area contributed by atoms with Gasteiger partial charge in [0.05, 0.1) is 12.7 Å². The molecule has 0 radical (unpaired) electrons. The van der Waals surface area contributed by atoms with Gasteiger partial charge < -0.3 is 14.8 Å². The molecule has 1 aromatic carbocycles. The molecular formula is C13H19NO2. The number of hydrogen-bond donors (Lipinski definition) is 1. The second kappa shape index (κ2) is 5.99. The summed E-state index contributed by atoms with van der Waals surface area (Å²) in [5.41, 5.74) is 1.31. The fourth-order valence-corrected chi connectivity index (χ4v) is 1.83. The normalized spacial score (nSPS) is 22.9. The Kier molecular flexibility index (Phi) is 4.34. The van der Waals surface area contributed by atoms with E-state index in [-0.39, 0.29) is 0 Å². The van der Waals surface area contributed by atoms with Crippen LogP contribution in [0.2, 0.25) is 0 Å². The summed E-state index contributed by atoms with van der Waals surface area (Å²) in [5, 5.41) is 3.49. The maximum Gasteiger partial charge on any atom is 0.147 e. The predicted octanol–water partition coefficient (Wildman–Crippen LogP) is 2.10. The van der Waals surface area contributed by atoms with Gasteiger partial charge in [-0.1, -0.05) is 30.3 Å². The van der Waals surface area contributed by atoms with Crippen molar-refractivity contribution in [3.63, 3.8) is 0 Å². The molecule has 2 rings (SSSR count). The first-order valence-electron chi connectivity index (χ1n) is 5.84. The zero-order valence-corrected chi connectivity index (χ0v) is 9.69. The smallest absolute Gasteiger partial charge is 0.147 e. The SMILES string of the molecule is C[C@H](NCC1CCOCO1)c1ccccc1. The number of hydrogen-bond acceptors (Lipinski definition) is 3. The fraction of sp³-hybridized carbons (Fsp3) is 0.538.